The Hall–Kier alpha value is -2.96. The van der Waals surface area contributed by atoms with Crippen LogP contribution in [0.5, 0.6) is 0 Å². The molecule has 1 unspecified atom stereocenters. The Balaban J connectivity index is 1.51. The molecule has 0 saturated carbocycles. The zero-order chi connectivity index (χ0) is 24.5. The molecule has 2 aromatic carbocycles. The number of aliphatic hydroxyl groups is 1. The van der Waals surface area contributed by atoms with E-state index in [1.807, 2.05) is 31.2 Å². The first-order valence-corrected chi connectivity index (χ1v) is 12.0. The van der Waals surface area contributed by atoms with Crippen molar-refractivity contribution >= 4 is 17.2 Å². The van der Waals surface area contributed by atoms with Crippen LogP contribution >= 0.6 is 11.6 Å². The standard InChI is InChI=1S/C27H31ClN4O2/c1-17-15-18(6-13-22(17)28)5-11-21(33)12-14-23-29-26(30-24-16-25(34)31-32(23)24)19-7-9-20(10-8-19)27(2,3)4/h6-10,13,15-16,21,33H,5,11-12,14H2,1-4H3,(H,31,34). The third-order valence-corrected chi connectivity index (χ3v) is 6.55. The van der Waals surface area contributed by atoms with Gasteiger partial charge in [0.15, 0.2) is 11.5 Å². The van der Waals surface area contributed by atoms with Crippen LogP contribution in [0.15, 0.2) is 53.3 Å². The molecule has 1 atom stereocenters. The number of aromatic amines is 1. The lowest BCUT2D eigenvalue weighted by Gasteiger charge is -2.19. The van der Waals surface area contributed by atoms with Crippen LogP contribution in [0.2, 0.25) is 5.02 Å². The number of nitrogens with one attached hydrogen (secondary N) is 1. The number of fused-ring (bicyclic) bond motifs is 1. The van der Waals surface area contributed by atoms with E-state index in [4.69, 9.17) is 16.6 Å². The van der Waals surface area contributed by atoms with Gasteiger partial charge in [-0.2, -0.15) is 0 Å². The monoisotopic (exact) mass is 478 g/mol. The molecule has 0 amide bonds. The molecule has 6 nitrogen and oxygen atoms in total. The van der Waals surface area contributed by atoms with E-state index < -0.39 is 6.10 Å². The maximum absolute atomic E-state index is 12.0. The average molecular weight is 479 g/mol. The first-order valence-electron chi connectivity index (χ1n) is 11.6. The van der Waals surface area contributed by atoms with Gasteiger partial charge in [0, 0.05) is 23.1 Å². The van der Waals surface area contributed by atoms with Gasteiger partial charge in [-0.05, 0) is 54.4 Å². The zero-order valence-electron chi connectivity index (χ0n) is 20.1. The highest BCUT2D eigenvalue weighted by atomic mass is 35.5. The average Bonchev–Trinajstić information content (AvgIpc) is 3.18. The summed E-state index contributed by atoms with van der Waals surface area (Å²) in [7, 11) is 0. The number of nitrogens with zero attached hydrogens (tertiary/aromatic N) is 3. The molecule has 2 heterocycles. The van der Waals surface area contributed by atoms with Crippen molar-refractivity contribution in [2.24, 2.45) is 0 Å². The van der Waals surface area contributed by atoms with Crippen LogP contribution in [0.1, 0.15) is 56.1 Å². The van der Waals surface area contributed by atoms with Crippen LogP contribution in [0.3, 0.4) is 0 Å². The summed E-state index contributed by atoms with van der Waals surface area (Å²) in [6, 6.07) is 15.6. The molecule has 2 aromatic heterocycles. The molecule has 0 spiro atoms. The molecule has 4 aromatic rings. The second-order valence-corrected chi connectivity index (χ2v) is 10.3. The van der Waals surface area contributed by atoms with Gasteiger partial charge in [0.1, 0.15) is 5.82 Å². The number of benzene rings is 2. The van der Waals surface area contributed by atoms with Crippen molar-refractivity contribution in [3.05, 3.63) is 86.4 Å². The minimum absolute atomic E-state index is 0.0588. The molecule has 0 bridgehead atoms. The number of rotatable bonds is 7. The maximum Gasteiger partial charge on any atom is 0.266 e. The van der Waals surface area contributed by atoms with E-state index in [-0.39, 0.29) is 11.0 Å². The third-order valence-electron chi connectivity index (χ3n) is 6.12. The number of aromatic nitrogens is 4. The van der Waals surface area contributed by atoms with Gasteiger partial charge >= 0.3 is 0 Å². The molecule has 0 aliphatic rings. The minimum Gasteiger partial charge on any atom is -0.393 e. The summed E-state index contributed by atoms with van der Waals surface area (Å²) in [5.74, 6) is 1.24. The second kappa shape index (κ2) is 9.72. The molecular formula is C27H31ClN4O2. The smallest absolute Gasteiger partial charge is 0.266 e. The zero-order valence-corrected chi connectivity index (χ0v) is 20.9. The number of hydrogen-bond acceptors (Lipinski definition) is 4. The summed E-state index contributed by atoms with van der Waals surface area (Å²) in [5.41, 5.74) is 4.67. The molecule has 4 rings (SSSR count). The largest absolute Gasteiger partial charge is 0.393 e. The van der Waals surface area contributed by atoms with E-state index in [2.05, 4.69) is 49.1 Å². The fourth-order valence-corrected chi connectivity index (χ4v) is 4.14. The Morgan fingerprint density at radius 1 is 1.03 bits per heavy atom. The summed E-state index contributed by atoms with van der Waals surface area (Å²) in [4.78, 5) is 21.3. The van der Waals surface area contributed by atoms with E-state index >= 15 is 0 Å². The molecule has 34 heavy (non-hydrogen) atoms. The number of aryl methyl sites for hydroxylation is 3. The summed E-state index contributed by atoms with van der Waals surface area (Å²) >= 11 is 6.11. The Bertz CT molecular complexity index is 1350. The van der Waals surface area contributed by atoms with Gasteiger partial charge in [0.05, 0.1) is 6.10 Å². The van der Waals surface area contributed by atoms with Crippen LogP contribution in [0.4, 0.5) is 0 Å². The normalized spacial score (nSPS) is 12.9. The van der Waals surface area contributed by atoms with Crippen molar-refractivity contribution in [1.82, 2.24) is 19.6 Å². The van der Waals surface area contributed by atoms with Crippen molar-refractivity contribution in [2.45, 2.75) is 64.9 Å². The van der Waals surface area contributed by atoms with Crippen LogP contribution in [-0.4, -0.2) is 30.8 Å². The number of H-pyrrole nitrogens is 1. The van der Waals surface area contributed by atoms with Gasteiger partial charge in [0.2, 0.25) is 0 Å². The Morgan fingerprint density at radius 2 is 1.74 bits per heavy atom. The van der Waals surface area contributed by atoms with E-state index in [1.165, 1.54) is 11.6 Å². The highest BCUT2D eigenvalue weighted by Gasteiger charge is 2.16. The Kier molecular flexibility index (Phi) is 6.91. The Morgan fingerprint density at radius 3 is 2.41 bits per heavy atom. The minimum atomic E-state index is -0.488. The van der Waals surface area contributed by atoms with Gasteiger partial charge < -0.3 is 5.11 Å². The number of aliphatic hydroxyl groups excluding tert-OH is 1. The van der Waals surface area contributed by atoms with Crippen molar-refractivity contribution in [3.63, 3.8) is 0 Å². The fraction of sp³-hybridized carbons (Fsp3) is 0.370. The van der Waals surface area contributed by atoms with Crippen LogP contribution in [0.25, 0.3) is 17.0 Å². The summed E-state index contributed by atoms with van der Waals surface area (Å²) in [5, 5.41) is 14.1. The predicted octanol–water partition coefficient (Wildman–Crippen LogP) is 5.27. The van der Waals surface area contributed by atoms with E-state index in [1.54, 1.807) is 4.52 Å². The molecule has 7 heteroatoms. The topological polar surface area (TPSA) is 83.3 Å². The van der Waals surface area contributed by atoms with Crippen LogP contribution in [-0.2, 0) is 18.3 Å². The summed E-state index contributed by atoms with van der Waals surface area (Å²) in [6.45, 7) is 8.51. The molecular weight excluding hydrogens is 448 g/mol. The van der Waals surface area contributed by atoms with E-state index in [9.17, 15) is 9.90 Å². The van der Waals surface area contributed by atoms with Gasteiger partial charge in [-0.3, -0.25) is 9.89 Å². The highest BCUT2D eigenvalue weighted by molar-refractivity contribution is 6.31. The number of hydrogen-bond donors (Lipinski definition) is 2. The number of halogens is 1. The predicted molar refractivity (Wildman–Crippen MR) is 137 cm³/mol. The summed E-state index contributed by atoms with van der Waals surface area (Å²) < 4.78 is 1.62. The molecule has 0 aliphatic heterocycles. The van der Waals surface area contributed by atoms with Crippen molar-refractivity contribution in [3.8, 4) is 11.4 Å². The second-order valence-electron chi connectivity index (χ2n) is 9.92. The van der Waals surface area contributed by atoms with Crippen LogP contribution in [0, 0.1) is 6.92 Å². The van der Waals surface area contributed by atoms with Crippen molar-refractivity contribution in [1.29, 1.82) is 0 Å². The Labute approximate surface area is 204 Å². The van der Waals surface area contributed by atoms with Gasteiger partial charge in [-0.15, -0.1) is 0 Å². The van der Waals surface area contributed by atoms with E-state index in [0.29, 0.717) is 36.6 Å². The van der Waals surface area contributed by atoms with Gasteiger partial charge in [-0.25, -0.2) is 14.5 Å². The first-order chi connectivity index (χ1) is 16.1. The quantitative estimate of drug-likeness (QED) is 0.379. The fourth-order valence-electron chi connectivity index (χ4n) is 4.02. The molecule has 2 N–H and O–H groups in total. The van der Waals surface area contributed by atoms with Crippen molar-refractivity contribution < 1.29 is 5.11 Å². The van der Waals surface area contributed by atoms with Crippen molar-refractivity contribution in [2.75, 3.05) is 0 Å². The van der Waals surface area contributed by atoms with Gasteiger partial charge in [-0.1, -0.05) is 68.8 Å². The first kappa shape index (κ1) is 24.2. The van der Waals surface area contributed by atoms with E-state index in [0.717, 1.165) is 28.1 Å². The molecule has 0 fully saturated rings. The third kappa shape index (κ3) is 5.57. The SMILES string of the molecule is Cc1cc(CCC(O)CCc2nc(-c3ccc(C(C)(C)C)cc3)nc3cc(=O)[nH]n23)ccc1Cl. The maximum atomic E-state index is 12.0. The lowest BCUT2D eigenvalue weighted by atomic mass is 9.87. The van der Waals surface area contributed by atoms with Gasteiger partial charge in [0.25, 0.3) is 5.56 Å². The summed E-state index contributed by atoms with van der Waals surface area (Å²) in [6.07, 6.45) is 1.96. The lowest BCUT2D eigenvalue weighted by Crippen LogP contribution is -2.14. The molecule has 0 saturated heterocycles. The molecule has 178 valence electrons. The lowest BCUT2D eigenvalue weighted by molar-refractivity contribution is 0.154. The molecule has 0 radical (unpaired) electrons. The molecule has 0 aliphatic carbocycles. The van der Waals surface area contributed by atoms with Crippen LogP contribution < -0.4 is 5.56 Å². The highest BCUT2D eigenvalue weighted by Crippen LogP contribution is 2.25.